The molecule has 1 N–H and O–H groups in total. The minimum atomic E-state index is -0.770. The molecule has 1 heterocycles. The van der Waals surface area contributed by atoms with Crippen molar-refractivity contribution in [2.75, 3.05) is 4.90 Å². The van der Waals surface area contributed by atoms with Crippen LogP contribution in [0.2, 0.25) is 0 Å². The highest BCUT2D eigenvalue weighted by molar-refractivity contribution is 5.81. The van der Waals surface area contributed by atoms with E-state index in [0.29, 0.717) is 17.9 Å². The Balaban J connectivity index is 2.03. The van der Waals surface area contributed by atoms with E-state index in [1.165, 1.54) is 30.4 Å². The Bertz CT molecular complexity index is 648. The van der Waals surface area contributed by atoms with Gasteiger partial charge in [0.2, 0.25) is 6.17 Å². The van der Waals surface area contributed by atoms with Crippen LogP contribution in [0.5, 0.6) is 0 Å². The first-order valence-corrected chi connectivity index (χ1v) is 10.0. The van der Waals surface area contributed by atoms with E-state index in [0.717, 1.165) is 18.5 Å². The Morgan fingerprint density at radius 2 is 1.58 bits per heavy atom. The second kappa shape index (κ2) is 7.73. The first-order valence-electron chi connectivity index (χ1n) is 10.0. The molecule has 1 aromatic rings. The Labute approximate surface area is 157 Å². The number of rotatable bonds is 5. The second-order valence-electron chi connectivity index (χ2n) is 8.25. The van der Waals surface area contributed by atoms with E-state index in [2.05, 4.69) is 50.8 Å². The summed E-state index contributed by atoms with van der Waals surface area (Å²) in [5.74, 6) is -0.0839. The van der Waals surface area contributed by atoms with E-state index < -0.39 is 12.1 Å². The van der Waals surface area contributed by atoms with Gasteiger partial charge in [-0.3, -0.25) is 0 Å². The molecule has 1 aliphatic carbocycles. The number of benzene rings is 1. The Morgan fingerprint density at radius 3 is 2.08 bits per heavy atom. The minimum absolute atomic E-state index is 0.333. The van der Waals surface area contributed by atoms with E-state index >= 15 is 0 Å². The largest absolute Gasteiger partial charge is 0.478 e. The van der Waals surface area contributed by atoms with Gasteiger partial charge >= 0.3 is 5.97 Å². The number of anilines is 1. The van der Waals surface area contributed by atoms with Crippen molar-refractivity contribution in [2.24, 2.45) is 0 Å². The molecule has 0 radical (unpaired) electrons. The molecule has 1 atom stereocenters. The standard InChI is InChI=1S/C22H32N2O2/c1-15(2)18-11-8-12-19(16(3)4)20(18)24-14-13-23(21(24)22(25)26)17-9-6-5-7-10-17/h8,11-17,21H,5-7,9-10H2,1-4H3,(H,25,26). The van der Waals surface area contributed by atoms with Crippen molar-refractivity contribution in [3.05, 3.63) is 41.7 Å². The third-order valence-corrected chi connectivity index (χ3v) is 5.76. The van der Waals surface area contributed by atoms with Gasteiger partial charge in [0.1, 0.15) is 0 Å². The van der Waals surface area contributed by atoms with E-state index in [1.54, 1.807) is 0 Å². The lowest BCUT2D eigenvalue weighted by atomic mass is 9.91. The molecule has 0 aromatic heterocycles. The maximum atomic E-state index is 12.3. The molecule has 142 valence electrons. The molecule has 1 fully saturated rings. The molecular formula is C22H32N2O2. The van der Waals surface area contributed by atoms with Crippen molar-refractivity contribution in [2.45, 2.75) is 83.8 Å². The number of carboxylic acid groups (broad SMARTS) is 1. The number of carbonyl (C=O) groups is 1. The number of hydrogen-bond donors (Lipinski definition) is 1. The topological polar surface area (TPSA) is 43.8 Å². The Morgan fingerprint density at radius 1 is 1.00 bits per heavy atom. The Kier molecular flexibility index (Phi) is 5.59. The zero-order valence-corrected chi connectivity index (χ0v) is 16.5. The highest BCUT2D eigenvalue weighted by Gasteiger charge is 2.39. The van der Waals surface area contributed by atoms with E-state index in [-0.39, 0.29) is 0 Å². The molecule has 1 saturated carbocycles. The molecule has 1 aliphatic heterocycles. The normalized spacial score (nSPS) is 21.2. The summed E-state index contributed by atoms with van der Waals surface area (Å²) in [6, 6.07) is 6.71. The molecule has 2 aliphatic rings. The van der Waals surface area contributed by atoms with Crippen LogP contribution in [-0.4, -0.2) is 28.2 Å². The summed E-state index contributed by atoms with van der Waals surface area (Å²) in [7, 11) is 0. The molecule has 4 heteroatoms. The first-order chi connectivity index (χ1) is 12.4. The molecular weight excluding hydrogens is 324 g/mol. The zero-order chi connectivity index (χ0) is 18.8. The maximum absolute atomic E-state index is 12.3. The Hall–Kier alpha value is -1.97. The van der Waals surface area contributed by atoms with Crippen molar-refractivity contribution < 1.29 is 9.90 Å². The third-order valence-electron chi connectivity index (χ3n) is 5.76. The van der Waals surface area contributed by atoms with Gasteiger partial charge in [0.25, 0.3) is 0 Å². The number of nitrogens with zero attached hydrogens (tertiary/aromatic N) is 2. The van der Waals surface area contributed by atoms with E-state index in [9.17, 15) is 9.90 Å². The molecule has 0 amide bonds. The van der Waals surface area contributed by atoms with Gasteiger partial charge in [-0.05, 0) is 35.8 Å². The van der Waals surface area contributed by atoms with Gasteiger partial charge in [-0.2, -0.15) is 0 Å². The summed E-state index contributed by atoms with van der Waals surface area (Å²) in [5, 5.41) is 10.1. The summed E-state index contributed by atoms with van der Waals surface area (Å²) in [6.45, 7) is 8.71. The lowest BCUT2D eigenvalue weighted by Crippen LogP contribution is -2.50. The molecule has 3 rings (SSSR count). The van der Waals surface area contributed by atoms with Crippen LogP contribution >= 0.6 is 0 Å². The first kappa shape index (κ1) is 18.8. The van der Waals surface area contributed by atoms with Crippen molar-refractivity contribution in [1.82, 2.24) is 4.90 Å². The summed E-state index contributed by atoms with van der Waals surface area (Å²) >= 11 is 0. The fraction of sp³-hybridized carbons (Fsp3) is 0.591. The maximum Gasteiger partial charge on any atom is 0.347 e. The SMILES string of the molecule is CC(C)c1cccc(C(C)C)c1N1C=CN(C2CCCCC2)C1C(=O)O. The lowest BCUT2D eigenvalue weighted by Gasteiger charge is -2.38. The van der Waals surface area contributed by atoms with Crippen LogP contribution in [0.25, 0.3) is 0 Å². The molecule has 26 heavy (non-hydrogen) atoms. The van der Waals surface area contributed by atoms with Crippen LogP contribution in [0.15, 0.2) is 30.6 Å². The van der Waals surface area contributed by atoms with Crippen LogP contribution in [-0.2, 0) is 4.79 Å². The fourth-order valence-corrected chi connectivity index (χ4v) is 4.41. The average Bonchev–Trinajstić information content (AvgIpc) is 3.06. The zero-order valence-electron chi connectivity index (χ0n) is 16.5. The van der Waals surface area contributed by atoms with Gasteiger partial charge in [0.05, 0.1) is 0 Å². The summed E-state index contributed by atoms with van der Waals surface area (Å²) in [5.41, 5.74) is 3.52. The van der Waals surface area contributed by atoms with Gasteiger partial charge in [-0.15, -0.1) is 0 Å². The number of carboxylic acids is 1. The van der Waals surface area contributed by atoms with Crippen LogP contribution in [0.3, 0.4) is 0 Å². The molecule has 1 aromatic carbocycles. The van der Waals surface area contributed by atoms with Gasteiger partial charge in [-0.25, -0.2) is 4.79 Å². The van der Waals surface area contributed by atoms with Crippen LogP contribution in [0, 0.1) is 0 Å². The second-order valence-corrected chi connectivity index (χ2v) is 8.25. The summed E-state index contributed by atoms with van der Waals surface area (Å²) in [4.78, 5) is 16.4. The number of aliphatic carboxylic acids is 1. The fourth-order valence-electron chi connectivity index (χ4n) is 4.41. The third kappa shape index (κ3) is 3.46. The van der Waals surface area contributed by atoms with Crippen molar-refractivity contribution >= 4 is 11.7 Å². The van der Waals surface area contributed by atoms with Crippen molar-refractivity contribution in [3.8, 4) is 0 Å². The van der Waals surface area contributed by atoms with Crippen LogP contribution in [0.1, 0.15) is 82.8 Å². The van der Waals surface area contributed by atoms with Crippen LogP contribution in [0.4, 0.5) is 5.69 Å². The summed E-state index contributed by atoms with van der Waals surface area (Å²) in [6.07, 6.45) is 9.19. The minimum Gasteiger partial charge on any atom is -0.478 e. The van der Waals surface area contributed by atoms with Crippen molar-refractivity contribution in [1.29, 1.82) is 0 Å². The number of hydrogen-bond acceptors (Lipinski definition) is 3. The quantitative estimate of drug-likeness (QED) is 0.780. The van der Waals surface area contributed by atoms with Gasteiger partial charge < -0.3 is 14.9 Å². The van der Waals surface area contributed by atoms with Crippen molar-refractivity contribution in [3.63, 3.8) is 0 Å². The van der Waals surface area contributed by atoms with E-state index in [1.807, 2.05) is 17.3 Å². The molecule has 0 bridgehead atoms. The molecule has 0 saturated heterocycles. The van der Waals surface area contributed by atoms with Gasteiger partial charge in [0, 0.05) is 24.1 Å². The summed E-state index contributed by atoms with van der Waals surface area (Å²) < 4.78 is 0. The smallest absolute Gasteiger partial charge is 0.347 e. The molecule has 4 nitrogen and oxygen atoms in total. The highest BCUT2D eigenvalue weighted by atomic mass is 16.4. The molecule has 1 unspecified atom stereocenters. The van der Waals surface area contributed by atoms with Gasteiger partial charge in [0.15, 0.2) is 0 Å². The highest BCUT2D eigenvalue weighted by Crippen LogP contribution is 2.40. The predicted molar refractivity (Wildman–Crippen MR) is 106 cm³/mol. The average molecular weight is 357 g/mol. The predicted octanol–water partition coefficient (Wildman–Crippen LogP) is 5.27. The monoisotopic (exact) mass is 356 g/mol. The molecule has 0 spiro atoms. The van der Waals surface area contributed by atoms with E-state index in [4.69, 9.17) is 0 Å². The number of para-hydroxylation sites is 1. The lowest BCUT2D eigenvalue weighted by molar-refractivity contribution is -0.142. The van der Waals surface area contributed by atoms with Gasteiger partial charge in [-0.1, -0.05) is 65.2 Å². The van der Waals surface area contributed by atoms with Crippen LogP contribution < -0.4 is 4.90 Å².